The van der Waals surface area contributed by atoms with Crippen molar-refractivity contribution in [3.8, 4) is 5.75 Å². The van der Waals surface area contributed by atoms with Crippen molar-refractivity contribution in [3.63, 3.8) is 0 Å². The van der Waals surface area contributed by atoms with Crippen molar-refractivity contribution < 1.29 is 18.3 Å². The summed E-state index contributed by atoms with van der Waals surface area (Å²) in [6.07, 6.45) is 5.03. The van der Waals surface area contributed by atoms with Crippen molar-refractivity contribution >= 4 is 12.0 Å². The van der Waals surface area contributed by atoms with Crippen molar-refractivity contribution in [1.29, 1.82) is 0 Å². The zero-order valence-corrected chi connectivity index (χ0v) is 13.6. The van der Waals surface area contributed by atoms with E-state index >= 15 is 0 Å². The Hall–Kier alpha value is -2.69. The van der Waals surface area contributed by atoms with Gasteiger partial charge >= 0.3 is 6.61 Å². The van der Waals surface area contributed by atoms with E-state index in [1.807, 2.05) is 30.3 Å². The molecule has 5 heteroatoms. The highest BCUT2D eigenvalue weighted by molar-refractivity contribution is 5.92. The van der Waals surface area contributed by atoms with E-state index in [1.54, 1.807) is 18.2 Å². The van der Waals surface area contributed by atoms with Crippen LogP contribution in [0.3, 0.4) is 0 Å². The van der Waals surface area contributed by atoms with Crippen LogP contribution in [0.4, 0.5) is 8.78 Å². The lowest BCUT2D eigenvalue weighted by Gasteiger charge is -2.17. The number of benzene rings is 2. The summed E-state index contributed by atoms with van der Waals surface area (Å²) < 4.78 is 29.3. The van der Waals surface area contributed by atoms with E-state index in [0.717, 1.165) is 18.4 Å². The number of alkyl halides is 2. The highest BCUT2D eigenvalue weighted by atomic mass is 19.3. The summed E-state index contributed by atoms with van der Waals surface area (Å²) in [5.41, 5.74) is 1.51. The molecule has 0 aromatic heterocycles. The van der Waals surface area contributed by atoms with Crippen LogP contribution in [0.2, 0.25) is 0 Å². The van der Waals surface area contributed by atoms with Gasteiger partial charge in [-0.1, -0.05) is 48.5 Å². The fraction of sp³-hybridized carbons (Fsp3) is 0.250. The zero-order valence-electron chi connectivity index (χ0n) is 13.6. The molecule has 0 spiro atoms. The van der Waals surface area contributed by atoms with Gasteiger partial charge in [-0.25, -0.2) is 0 Å². The molecule has 25 heavy (non-hydrogen) atoms. The van der Waals surface area contributed by atoms with Crippen molar-refractivity contribution in [3.05, 3.63) is 71.8 Å². The quantitative estimate of drug-likeness (QED) is 0.748. The maximum absolute atomic E-state index is 12.4. The maximum Gasteiger partial charge on any atom is 0.387 e. The van der Waals surface area contributed by atoms with E-state index in [9.17, 15) is 13.6 Å². The number of hydrogen-bond donors (Lipinski definition) is 1. The number of nitrogens with one attached hydrogen (secondary N) is 1. The highest BCUT2D eigenvalue weighted by Crippen LogP contribution is 2.40. The number of carbonyl (C=O) groups is 1. The number of halogens is 2. The lowest BCUT2D eigenvalue weighted by atomic mass is 10.0. The number of para-hydroxylation sites is 1. The molecule has 1 atom stereocenters. The predicted octanol–water partition coefficient (Wildman–Crippen LogP) is 4.57. The second kappa shape index (κ2) is 7.92. The third-order valence-corrected chi connectivity index (χ3v) is 4.10. The van der Waals surface area contributed by atoms with Crippen LogP contribution in [-0.4, -0.2) is 12.5 Å². The Bertz CT molecular complexity index is 742. The minimum Gasteiger partial charge on any atom is -0.434 e. The van der Waals surface area contributed by atoms with Gasteiger partial charge in [-0.05, 0) is 36.5 Å². The molecule has 2 aromatic carbocycles. The number of rotatable bonds is 7. The topological polar surface area (TPSA) is 38.3 Å². The van der Waals surface area contributed by atoms with Gasteiger partial charge in [-0.2, -0.15) is 8.78 Å². The van der Waals surface area contributed by atoms with Crippen LogP contribution >= 0.6 is 0 Å². The third-order valence-electron chi connectivity index (χ3n) is 4.10. The first-order valence-electron chi connectivity index (χ1n) is 8.21. The summed E-state index contributed by atoms with van der Waals surface area (Å²) in [7, 11) is 0. The summed E-state index contributed by atoms with van der Waals surface area (Å²) in [5, 5.41) is 3.01. The van der Waals surface area contributed by atoms with Crippen LogP contribution in [0.5, 0.6) is 5.75 Å². The molecule has 0 radical (unpaired) electrons. The Labute approximate surface area is 145 Å². The minimum absolute atomic E-state index is 0.0223. The van der Waals surface area contributed by atoms with E-state index in [0.29, 0.717) is 11.5 Å². The molecule has 1 aliphatic rings. The smallest absolute Gasteiger partial charge is 0.387 e. The molecule has 1 saturated carbocycles. The number of carbonyl (C=O) groups excluding carboxylic acids is 1. The normalized spacial score (nSPS) is 15.3. The first-order chi connectivity index (χ1) is 12.1. The fourth-order valence-electron chi connectivity index (χ4n) is 2.75. The molecule has 3 nitrogen and oxygen atoms in total. The average Bonchev–Trinajstić information content (AvgIpc) is 3.44. The SMILES string of the molecule is O=C(/C=C/c1ccccc1OC(F)F)NC(c1ccccc1)C1CC1. The lowest BCUT2D eigenvalue weighted by molar-refractivity contribution is -0.117. The summed E-state index contributed by atoms with van der Waals surface area (Å²) >= 11 is 0. The molecular formula is C20H19F2NO2. The van der Waals surface area contributed by atoms with Gasteiger partial charge in [0, 0.05) is 11.6 Å². The molecule has 0 aliphatic heterocycles. The molecule has 3 rings (SSSR count). The predicted molar refractivity (Wildman–Crippen MR) is 92.2 cm³/mol. The van der Waals surface area contributed by atoms with Crippen LogP contribution in [-0.2, 0) is 4.79 Å². The summed E-state index contributed by atoms with van der Waals surface area (Å²) in [6.45, 7) is -2.90. The van der Waals surface area contributed by atoms with Crippen molar-refractivity contribution in [1.82, 2.24) is 5.32 Å². The van der Waals surface area contributed by atoms with Crippen LogP contribution in [0.15, 0.2) is 60.7 Å². The Morgan fingerprint density at radius 3 is 2.44 bits per heavy atom. The number of ether oxygens (including phenoxy) is 1. The van der Waals surface area contributed by atoms with Gasteiger partial charge in [-0.15, -0.1) is 0 Å². The second-order valence-corrected chi connectivity index (χ2v) is 5.98. The lowest BCUT2D eigenvalue weighted by Crippen LogP contribution is -2.28. The van der Waals surface area contributed by atoms with Crippen LogP contribution in [0, 0.1) is 5.92 Å². The second-order valence-electron chi connectivity index (χ2n) is 5.98. The van der Waals surface area contributed by atoms with E-state index in [4.69, 9.17) is 0 Å². The van der Waals surface area contributed by atoms with E-state index in [1.165, 1.54) is 18.2 Å². The molecular weight excluding hydrogens is 324 g/mol. The van der Waals surface area contributed by atoms with Gasteiger partial charge in [-0.3, -0.25) is 4.79 Å². The third kappa shape index (κ3) is 4.89. The molecule has 2 aromatic rings. The summed E-state index contributed by atoms with van der Waals surface area (Å²) in [5.74, 6) is 0.241. The first kappa shape index (κ1) is 17.1. The minimum atomic E-state index is -2.90. The van der Waals surface area contributed by atoms with Crippen LogP contribution < -0.4 is 10.1 Å². The Morgan fingerprint density at radius 2 is 1.76 bits per heavy atom. The Morgan fingerprint density at radius 1 is 1.08 bits per heavy atom. The standard InChI is InChI=1S/C20H19F2NO2/c21-20(22)25-17-9-5-4-6-14(17)12-13-18(24)23-19(16-10-11-16)15-7-2-1-3-8-15/h1-9,12-13,16,19-20H,10-11H2,(H,23,24)/b13-12+. The van der Waals surface area contributed by atoms with Gasteiger partial charge in [0.1, 0.15) is 5.75 Å². The van der Waals surface area contributed by atoms with Gasteiger partial charge in [0.2, 0.25) is 5.91 Å². The summed E-state index contributed by atoms with van der Waals surface area (Å²) in [6, 6.07) is 16.2. The van der Waals surface area contributed by atoms with Crippen LogP contribution in [0.1, 0.15) is 30.0 Å². The maximum atomic E-state index is 12.4. The first-order valence-corrected chi connectivity index (χ1v) is 8.21. The molecule has 0 saturated heterocycles. The van der Waals surface area contributed by atoms with E-state index in [2.05, 4.69) is 10.1 Å². The van der Waals surface area contributed by atoms with Gasteiger partial charge in [0.25, 0.3) is 0 Å². The Kier molecular flexibility index (Phi) is 5.43. The van der Waals surface area contributed by atoms with Gasteiger partial charge in [0.15, 0.2) is 0 Å². The van der Waals surface area contributed by atoms with Gasteiger partial charge in [0.05, 0.1) is 6.04 Å². The van der Waals surface area contributed by atoms with Gasteiger partial charge < -0.3 is 10.1 Å². The Balaban J connectivity index is 1.68. The van der Waals surface area contributed by atoms with Crippen molar-refractivity contribution in [2.24, 2.45) is 5.92 Å². The zero-order chi connectivity index (χ0) is 17.6. The molecule has 1 amide bonds. The number of hydrogen-bond acceptors (Lipinski definition) is 2. The van der Waals surface area contributed by atoms with Crippen molar-refractivity contribution in [2.75, 3.05) is 0 Å². The molecule has 130 valence electrons. The molecule has 1 N–H and O–H groups in total. The number of amides is 1. The van der Waals surface area contributed by atoms with Crippen molar-refractivity contribution in [2.45, 2.75) is 25.5 Å². The highest BCUT2D eigenvalue weighted by Gasteiger charge is 2.32. The molecule has 0 bridgehead atoms. The molecule has 1 fully saturated rings. The molecule has 1 aliphatic carbocycles. The molecule has 1 unspecified atom stereocenters. The molecule has 0 heterocycles. The monoisotopic (exact) mass is 343 g/mol. The van der Waals surface area contributed by atoms with Crippen LogP contribution in [0.25, 0.3) is 6.08 Å². The van der Waals surface area contributed by atoms with E-state index in [-0.39, 0.29) is 17.7 Å². The largest absolute Gasteiger partial charge is 0.434 e. The average molecular weight is 343 g/mol. The fourth-order valence-corrected chi connectivity index (χ4v) is 2.75. The summed E-state index contributed by atoms with van der Waals surface area (Å²) in [4.78, 5) is 12.3. The van der Waals surface area contributed by atoms with E-state index < -0.39 is 6.61 Å².